The molecule has 0 aliphatic heterocycles. The van der Waals surface area contributed by atoms with Crippen molar-refractivity contribution in [1.29, 1.82) is 0 Å². The second-order valence-electron chi connectivity index (χ2n) is 3.71. The molecule has 0 unspecified atom stereocenters. The van der Waals surface area contributed by atoms with E-state index in [2.05, 4.69) is 10.3 Å². The van der Waals surface area contributed by atoms with Crippen molar-refractivity contribution < 1.29 is 14.8 Å². The Bertz CT molecular complexity index is 583. The molecule has 2 N–H and O–H groups in total. The van der Waals surface area contributed by atoms with Gasteiger partial charge in [-0.15, -0.1) is 0 Å². The standard InChI is InChI=1S/C13H12N2O3/c1-9(15-17)10-2-4-11(5-3-10)13-7-6-12(18-13)8-14-16/h2-8,16-17H,1H3. The van der Waals surface area contributed by atoms with Crippen molar-refractivity contribution >= 4 is 11.9 Å². The Hall–Kier alpha value is -2.56. The van der Waals surface area contributed by atoms with Gasteiger partial charge in [-0.2, -0.15) is 0 Å². The maximum absolute atomic E-state index is 8.67. The van der Waals surface area contributed by atoms with Gasteiger partial charge in [-0.25, -0.2) is 0 Å². The van der Waals surface area contributed by atoms with Gasteiger partial charge >= 0.3 is 0 Å². The van der Waals surface area contributed by atoms with Gasteiger partial charge in [-0.05, 0) is 24.6 Å². The molecular formula is C13H12N2O3. The fraction of sp³-hybridized carbons (Fsp3) is 0.0769. The molecule has 5 nitrogen and oxygen atoms in total. The quantitative estimate of drug-likeness (QED) is 0.495. The second-order valence-corrected chi connectivity index (χ2v) is 3.71. The Balaban J connectivity index is 2.28. The molecule has 1 heterocycles. The molecule has 0 saturated carbocycles. The highest BCUT2D eigenvalue weighted by Gasteiger charge is 2.04. The lowest BCUT2D eigenvalue weighted by atomic mass is 10.1. The first kappa shape index (κ1) is 11.9. The molecule has 5 heteroatoms. The van der Waals surface area contributed by atoms with Crippen molar-refractivity contribution in [2.45, 2.75) is 6.92 Å². The summed E-state index contributed by atoms with van der Waals surface area (Å²) in [5.41, 5.74) is 2.28. The van der Waals surface area contributed by atoms with Crippen LogP contribution in [0.2, 0.25) is 0 Å². The van der Waals surface area contributed by atoms with Crippen LogP contribution >= 0.6 is 0 Å². The minimum absolute atomic E-state index is 0.477. The van der Waals surface area contributed by atoms with Gasteiger partial charge in [0.15, 0.2) is 0 Å². The second kappa shape index (κ2) is 5.18. The number of furan rings is 1. The van der Waals surface area contributed by atoms with Crippen LogP contribution in [-0.4, -0.2) is 22.3 Å². The first-order valence-electron chi connectivity index (χ1n) is 5.31. The predicted molar refractivity (Wildman–Crippen MR) is 67.5 cm³/mol. The fourth-order valence-corrected chi connectivity index (χ4v) is 1.57. The summed E-state index contributed by atoms with van der Waals surface area (Å²) >= 11 is 0. The maximum atomic E-state index is 8.67. The smallest absolute Gasteiger partial charge is 0.149 e. The molecule has 1 aromatic carbocycles. The lowest BCUT2D eigenvalue weighted by Crippen LogP contribution is -1.93. The summed E-state index contributed by atoms with van der Waals surface area (Å²) < 4.78 is 5.45. The molecule has 0 aliphatic carbocycles. The molecule has 1 aromatic heterocycles. The van der Waals surface area contributed by atoms with Crippen molar-refractivity contribution in [3.63, 3.8) is 0 Å². The first-order valence-corrected chi connectivity index (χ1v) is 5.31. The van der Waals surface area contributed by atoms with Crippen molar-refractivity contribution in [2.24, 2.45) is 10.3 Å². The highest BCUT2D eigenvalue weighted by atomic mass is 16.4. The molecule has 92 valence electrons. The molecule has 0 atom stereocenters. The van der Waals surface area contributed by atoms with Gasteiger partial charge in [0, 0.05) is 5.56 Å². The molecule has 0 bridgehead atoms. The predicted octanol–water partition coefficient (Wildman–Crippen LogP) is 2.95. The van der Waals surface area contributed by atoms with Gasteiger partial charge in [0.1, 0.15) is 17.7 Å². The normalized spacial score (nSPS) is 12.2. The van der Waals surface area contributed by atoms with Crippen LogP contribution < -0.4 is 0 Å². The average Bonchev–Trinajstić information content (AvgIpc) is 2.87. The van der Waals surface area contributed by atoms with E-state index in [0.717, 1.165) is 11.1 Å². The summed E-state index contributed by atoms with van der Waals surface area (Å²) in [5.74, 6) is 1.15. The molecule has 0 aliphatic rings. The minimum Gasteiger partial charge on any atom is -0.455 e. The number of hydrogen-bond acceptors (Lipinski definition) is 5. The van der Waals surface area contributed by atoms with Crippen molar-refractivity contribution in [3.05, 3.63) is 47.7 Å². The van der Waals surface area contributed by atoms with Crippen LogP contribution in [0.5, 0.6) is 0 Å². The number of benzene rings is 1. The molecule has 0 radical (unpaired) electrons. The number of oxime groups is 2. The lowest BCUT2D eigenvalue weighted by molar-refractivity contribution is 0.319. The summed E-state index contributed by atoms with van der Waals surface area (Å²) in [6, 6.07) is 10.9. The van der Waals surface area contributed by atoms with Gasteiger partial charge < -0.3 is 14.8 Å². The van der Waals surface area contributed by atoms with E-state index in [1.807, 2.05) is 24.3 Å². The SMILES string of the molecule is CC(=NO)c1ccc(-c2ccc(C=NO)o2)cc1. The Morgan fingerprint density at radius 1 is 1.11 bits per heavy atom. The van der Waals surface area contributed by atoms with Crippen LogP contribution in [0, 0.1) is 0 Å². The van der Waals surface area contributed by atoms with Crippen molar-refractivity contribution in [3.8, 4) is 11.3 Å². The number of nitrogens with zero attached hydrogens (tertiary/aromatic N) is 2. The number of rotatable bonds is 3. The number of hydrogen-bond donors (Lipinski definition) is 2. The van der Waals surface area contributed by atoms with E-state index in [9.17, 15) is 0 Å². The average molecular weight is 244 g/mol. The molecule has 2 aromatic rings. The van der Waals surface area contributed by atoms with Crippen LogP contribution in [0.3, 0.4) is 0 Å². The zero-order chi connectivity index (χ0) is 13.0. The van der Waals surface area contributed by atoms with Gasteiger partial charge in [-0.1, -0.05) is 34.6 Å². The first-order chi connectivity index (χ1) is 8.74. The van der Waals surface area contributed by atoms with Crippen LogP contribution in [0.4, 0.5) is 0 Å². The Morgan fingerprint density at radius 3 is 2.44 bits per heavy atom. The fourth-order valence-electron chi connectivity index (χ4n) is 1.57. The zero-order valence-corrected chi connectivity index (χ0v) is 9.74. The molecule has 2 rings (SSSR count). The summed E-state index contributed by atoms with van der Waals surface area (Å²) in [5, 5.41) is 23.1. The molecule has 0 spiro atoms. The monoisotopic (exact) mass is 244 g/mol. The van der Waals surface area contributed by atoms with Gasteiger partial charge in [0.05, 0.1) is 5.71 Å². The summed E-state index contributed by atoms with van der Waals surface area (Å²) in [6.45, 7) is 1.72. The van der Waals surface area contributed by atoms with Crippen molar-refractivity contribution in [1.82, 2.24) is 0 Å². The third-order valence-corrected chi connectivity index (χ3v) is 2.55. The van der Waals surface area contributed by atoms with E-state index in [1.165, 1.54) is 6.21 Å². The van der Waals surface area contributed by atoms with E-state index in [4.69, 9.17) is 14.8 Å². The van der Waals surface area contributed by atoms with Crippen LogP contribution in [0.1, 0.15) is 18.2 Å². The van der Waals surface area contributed by atoms with E-state index in [-0.39, 0.29) is 0 Å². The van der Waals surface area contributed by atoms with E-state index >= 15 is 0 Å². The minimum atomic E-state index is 0.477. The van der Waals surface area contributed by atoms with E-state index in [0.29, 0.717) is 17.2 Å². The molecule has 0 saturated heterocycles. The van der Waals surface area contributed by atoms with Gasteiger partial charge in [0.25, 0.3) is 0 Å². The highest BCUT2D eigenvalue weighted by molar-refractivity contribution is 5.98. The third kappa shape index (κ3) is 2.40. The zero-order valence-electron chi connectivity index (χ0n) is 9.74. The van der Waals surface area contributed by atoms with Crippen LogP contribution in [0.15, 0.2) is 51.1 Å². The summed E-state index contributed by atoms with van der Waals surface area (Å²) in [6.07, 6.45) is 1.22. The maximum Gasteiger partial charge on any atom is 0.149 e. The lowest BCUT2D eigenvalue weighted by Gasteiger charge is -2.00. The van der Waals surface area contributed by atoms with Gasteiger partial charge in [0.2, 0.25) is 0 Å². The van der Waals surface area contributed by atoms with Crippen molar-refractivity contribution in [2.75, 3.05) is 0 Å². The highest BCUT2D eigenvalue weighted by Crippen LogP contribution is 2.22. The third-order valence-electron chi connectivity index (χ3n) is 2.55. The largest absolute Gasteiger partial charge is 0.455 e. The van der Waals surface area contributed by atoms with E-state index in [1.54, 1.807) is 19.1 Å². The van der Waals surface area contributed by atoms with Crippen LogP contribution in [0.25, 0.3) is 11.3 Å². The molecule has 0 fully saturated rings. The summed E-state index contributed by atoms with van der Waals surface area (Å²) in [7, 11) is 0. The van der Waals surface area contributed by atoms with E-state index < -0.39 is 0 Å². The van der Waals surface area contributed by atoms with Crippen LogP contribution in [-0.2, 0) is 0 Å². The Morgan fingerprint density at radius 2 is 1.83 bits per heavy atom. The molecule has 18 heavy (non-hydrogen) atoms. The van der Waals surface area contributed by atoms with Gasteiger partial charge in [-0.3, -0.25) is 0 Å². The Labute approximate surface area is 104 Å². The molecular weight excluding hydrogens is 232 g/mol. The molecule has 0 amide bonds. The Kier molecular flexibility index (Phi) is 3.43. The summed E-state index contributed by atoms with van der Waals surface area (Å²) in [4.78, 5) is 0. The topological polar surface area (TPSA) is 78.3 Å².